The lowest BCUT2D eigenvalue weighted by Gasteiger charge is -2.26. The Morgan fingerprint density at radius 1 is 0.500 bits per heavy atom. The molecule has 308 valence electrons. The third-order valence-corrected chi connectivity index (χ3v) is 9.60. The van der Waals surface area contributed by atoms with Crippen molar-refractivity contribution in [3.63, 3.8) is 0 Å². The first-order valence-corrected chi connectivity index (χ1v) is 21.7. The van der Waals surface area contributed by atoms with Gasteiger partial charge in [0.05, 0.1) is 40.3 Å². The second-order valence-electron chi connectivity index (χ2n) is 16.0. The van der Waals surface area contributed by atoms with Crippen molar-refractivity contribution in [1.82, 2.24) is 0 Å². The lowest BCUT2D eigenvalue weighted by molar-refractivity contribution is -0.870. The first-order chi connectivity index (χ1) is 25.1. The highest BCUT2D eigenvalue weighted by Gasteiger charge is 2.21. The van der Waals surface area contributed by atoms with Crippen LogP contribution in [-0.2, 0) is 33.3 Å². The van der Waals surface area contributed by atoms with E-state index >= 15 is 0 Å². The Balaban J connectivity index is 4.41. The van der Waals surface area contributed by atoms with Gasteiger partial charge in [0, 0.05) is 12.8 Å². The van der Waals surface area contributed by atoms with Crippen molar-refractivity contribution in [3.8, 4) is 0 Å². The van der Waals surface area contributed by atoms with E-state index in [0.29, 0.717) is 17.4 Å². The minimum Gasteiger partial charge on any atom is -0.545 e. The summed E-state index contributed by atoms with van der Waals surface area (Å²) >= 11 is 0. The third-order valence-electron chi connectivity index (χ3n) is 9.60. The highest BCUT2D eigenvalue weighted by Crippen LogP contribution is 2.15. The van der Waals surface area contributed by atoms with Crippen molar-refractivity contribution >= 4 is 17.9 Å². The van der Waals surface area contributed by atoms with Gasteiger partial charge in [0.15, 0.2) is 12.4 Å². The van der Waals surface area contributed by atoms with E-state index in [1.807, 2.05) is 21.1 Å². The zero-order valence-corrected chi connectivity index (χ0v) is 34.7. The van der Waals surface area contributed by atoms with Gasteiger partial charge in [-0.1, -0.05) is 174 Å². The summed E-state index contributed by atoms with van der Waals surface area (Å²) in [7, 11) is 5.91. The number of carbonyl (C=O) groups excluding carboxylic acids is 3. The third kappa shape index (κ3) is 36.6. The fourth-order valence-electron chi connectivity index (χ4n) is 6.18. The molecule has 0 aliphatic carbocycles. The predicted octanol–water partition coefficient (Wildman–Crippen LogP) is 9.61. The Hall–Kier alpha value is -1.71. The molecule has 0 aromatic heterocycles. The minimum absolute atomic E-state index is 0.153. The molecule has 0 rings (SSSR count). The van der Waals surface area contributed by atoms with Gasteiger partial charge < -0.3 is 33.3 Å². The van der Waals surface area contributed by atoms with Crippen LogP contribution in [0, 0.1) is 0 Å². The minimum atomic E-state index is -1.61. The molecule has 0 aliphatic rings. The molecule has 0 spiro atoms. The first-order valence-electron chi connectivity index (χ1n) is 21.7. The van der Waals surface area contributed by atoms with Crippen LogP contribution in [0.15, 0.2) is 0 Å². The number of carboxylic acid groups (broad SMARTS) is 1. The quantitative estimate of drug-likeness (QED) is 0.0264. The highest BCUT2D eigenvalue weighted by atomic mass is 16.7. The van der Waals surface area contributed by atoms with Crippen LogP contribution in [0.25, 0.3) is 0 Å². The van der Waals surface area contributed by atoms with Crippen LogP contribution in [0.5, 0.6) is 0 Å². The largest absolute Gasteiger partial charge is 0.545 e. The van der Waals surface area contributed by atoms with Gasteiger partial charge in [0.2, 0.25) is 0 Å². The van der Waals surface area contributed by atoms with Crippen molar-refractivity contribution in [3.05, 3.63) is 0 Å². The molecular weight excluding hydrogens is 658 g/mol. The molecule has 9 nitrogen and oxygen atoms in total. The van der Waals surface area contributed by atoms with Gasteiger partial charge in [-0.3, -0.25) is 9.59 Å². The summed E-state index contributed by atoms with van der Waals surface area (Å²) in [4.78, 5) is 36.8. The standard InChI is InChI=1S/C43H83NO8/c1-6-8-10-12-14-16-18-19-20-21-22-24-26-28-30-32-34-41(46)52-39(38-51-43(42(47)48)49-36-35-44(3,4)5)37-50-40(45)33-31-29-27-25-23-17-15-13-11-9-7-2/h39,43H,6-38H2,1-5H3. The second kappa shape index (κ2) is 36.3. The number of hydrogen-bond donors (Lipinski definition) is 0. The first kappa shape index (κ1) is 50.3. The maximum absolute atomic E-state index is 12.7. The summed E-state index contributed by atoms with van der Waals surface area (Å²) in [5.74, 6) is -2.27. The van der Waals surface area contributed by atoms with Crippen LogP contribution < -0.4 is 5.11 Å². The molecule has 9 heteroatoms. The van der Waals surface area contributed by atoms with Crippen molar-refractivity contribution in [2.75, 3.05) is 47.5 Å². The van der Waals surface area contributed by atoms with Crippen LogP contribution in [0.4, 0.5) is 0 Å². The Morgan fingerprint density at radius 2 is 0.865 bits per heavy atom. The lowest BCUT2D eigenvalue weighted by Crippen LogP contribution is -2.44. The van der Waals surface area contributed by atoms with Gasteiger partial charge in [-0.25, -0.2) is 0 Å². The molecule has 52 heavy (non-hydrogen) atoms. The number of rotatable bonds is 40. The van der Waals surface area contributed by atoms with E-state index < -0.39 is 24.3 Å². The fraction of sp³-hybridized carbons (Fsp3) is 0.930. The Kier molecular flexibility index (Phi) is 35.1. The number of esters is 2. The van der Waals surface area contributed by atoms with E-state index in [1.54, 1.807) is 0 Å². The van der Waals surface area contributed by atoms with Gasteiger partial charge in [-0.05, 0) is 12.8 Å². The van der Waals surface area contributed by atoms with Gasteiger partial charge in [0.1, 0.15) is 13.2 Å². The fourth-order valence-corrected chi connectivity index (χ4v) is 6.18. The van der Waals surface area contributed by atoms with E-state index in [2.05, 4.69) is 13.8 Å². The molecular formula is C43H83NO8. The Labute approximate surface area is 320 Å². The zero-order valence-electron chi connectivity index (χ0n) is 34.7. The van der Waals surface area contributed by atoms with Gasteiger partial charge >= 0.3 is 11.9 Å². The van der Waals surface area contributed by atoms with E-state index in [1.165, 1.54) is 135 Å². The number of hydrogen-bond acceptors (Lipinski definition) is 8. The van der Waals surface area contributed by atoms with Crippen LogP contribution >= 0.6 is 0 Å². The zero-order chi connectivity index (χ0) is 38.5. The molecule has 0 aromatic rings. The molecule has 0 aromatic carbocycles. The molecule has 0 saturated heterocycles. The van der Waals surface area contributed by atoms with Crippen LogP contribution in [0.2, 0.25) is 0 Å². The van der Waals surface area contributed by atoms with Crippen LogP contribution in [0.1, 0.15) is 200 Å². The Bertz CT molecular complexity index is 830. The van der Waals surface area contributed by atoms with E-state index in [0.717, 1.165) is 38.5 Å². The summed E-state index contributed by atoms with van der Waals surface area (Å²) in [6.45, 7) is 4.75. The smallest absolute Gasteiger partial charge is 0.306 e. The monoisotopic (exact) mass is 742 g/mol. The van der Waals surface area contributed by atoms with E-state index in [-0.39, 0.29) is 32.2 Å². The van der Waals surface area contributed by atoms with Gasteiger partial charge in [-0.2, -0.15) is 0 Å². The maximum atomic E-state index is 12.7. The molecule has 0 radical (unpaired) electrons. The van der Waals surface area contributed by atoms with Crippen molar-refractivity contribution in [2.45, 2.75) is 212 Å². The van der Waals surface area contributed by atoms with Crippen molar-refractivity contribution < 1.29 is 42.9 Å². The molecule has 2 atom stereocenters. The molecule has 0 bridgehead atoms. The molecule has 0 aliphatic heterocycles. The van der Waals surface area contributed by atoms with Gasteiger partial charge in [-0.15, -0.1) is 0 Å². The molecule has 2 unspecified atom stereocenters. The number of nitrogens with zero attached hydrogens (tertiary/aromatic N) is 1. The van der Waals surface area contributed by atoms with Crippen molar-refractivity contribution in [1.29, 1.82) is 0 Å². The lowest BCUT2D eigenvalue weighted by atomic mass is 10.0. The van der Waals surface area contributed by atoms with Crippen LogP contribution in [-0.4, -0.2) is 82.3 Å². The number of quaternary nitrogens is 1. The Morgan fingerprint density at radius 3 is 1.23 bits per heavy atom. The predicted molar refractivity (Wildman–Crippen MR) is 210 cm³/mol. The van der Waals surface area contributed by atoms with E-state index in [4.69, 9.17) is 18.9 Å². The molecule has 0 saturated carbocycles. The highest BCUT2D eigenvalue weighted by molar-refractivity contribution is 5.70. The number of ether oxygens (including phenoxy) is 4. The SMILES string of the molecule is CCCCCCCCCCCCCCCCCCC(=O)OC(COC(=O)CCCCCCCCCCCCC)COC(OCC[N+](C)(C)C)C(=O)[O-]. The number of unbranched alkanes of at least 4 members (excludes halogenated alkanes) is 25. The van der Waals surface area contributed by atoms with Gasteiger partial charge in [0.25, 0.3) is 0 Å². The topological polar surface area (TPSA) is 111 Å². The second-order valence-corrected chi connectivity index (χ2v) is 16.0. The summed E-state index contributed by atoms with van der Waals surface area (Å²) < 4.78 is 22.5. The van der Waals surface area contributed by atoms with Crippen molar-refractivity contribution in [2.24, 2.45) is 0 Å². The average Bonchev–Trinajstić information content (AvgIpc) is 3.09. The normalized spacial score (nSPS) is 12.9. The molecule has 0 fully saturated rings. The molecule has 0 heterocycles. The van der Waals surface area contributed by atoms with E-state index in [9.17, 15) is 19.5 Å². The summed E-state index contributed by atoms with van der Waals surface area (Å²) in [6.07, 6.45) is 31.3. The van der Waals surface area contributed by atoms with Crippen LogP contribution in [0.3, 0.4) is 0 Å². The number of likely N-dealkylation sites (N-methyl/N-ethyl adjacent to an activating group) is 1. The number of carbonyl (C=O) groups is 3. The maximum Gasteiger partial charge on any atom is 0.306 e. The average molecular weight is 742 g/mol. The summed E-state index contributed by atoms with van der Waals surface area (Å²) in [5.41, 5.74) is 0. The number of carboxylic acids is 1. The molecule has 0 amide bonds. The summed E-state index contributed by atoms with van der Waals surface area (Å²) in [5, 5.41) is 11.7. The summed E-state index contributed by atoms with van der Waals surface area (Å²) in [6, 6.07) is 0. The molecule has 0 N–H and O–H groups in total. The number of aliphatic carboxylic acids is 1.